The Morgan fingerprint density at radius 2 is 1.90 bits per heavy atom. The van der Waals surface area contributed by atoms with Crippen molar-refractivity contribution < 1.29 is 4.74 Å². The highest BCUT2D eigenvalue weighted by Crippen LogP contribution is 2.25. The molecular weight excluding hydrogens is 366 g/mol. The standard InChI is InChI=1S/C21H21N7O/c1-2-15-13-18-19(23-14-15)20(27-9-11-29-12-10-27)25-21(24-18)28-8-5-17(26-28)16-3-6-22-7-4-16/h3-8,13-14H,2,9-12H2,1H3. The smallest absolute Gasteiger partial charge is 0.253 e. The third-order valence-corrected chi connectivity index (χ3v) is 5.05. The van der Waals surface area contributed by atoms with Crippen molar-refractivity contribution in [3.8, 4) is 17.2 Å². The zero-order valence-corrected chi connectivity index (χ0v) is 16.2. The molecule has 146 valence electrons. The van der Waals surface area contributed by atoms with E-state index < -0.39 is 0 Å². The Morgan fingerprint density at radius 1 is 1.07 bits per heavy atom. The molecule has 0 unspecified atom stereocenters. The molecule has 0 N–H and O–H groups in total. The third kappa shape index (κ3) is 3.42. The molecule has 0 spiro atoms. The first-order valence-electron chi connectivity index (χ1n) is 9.77. The fraction of sp³-hybridized carbons (Fsp3) is 0.286. The minimum Gasteiger partial charge on any atom is -0.378 e. The van der Waals surface area contributed by atoms with E-state index in [0.717, 1.165) is 53.2 Å². The van der Waals surface area contributed by atoms with Crippen LogP contribution in [0.3, 0.4) is 0 Å². The number of morpholine rings is 1. The Hall–Kier alpha value is -3.39. The van der Waals surface area contributed by atoms with Crippen LogP contribution >= 0.6 is 0 Å². The number of fused-ring (bicyclic) bond motifs is 1. The van der Waals surface area contributed by atoms with Crippen LogP contribution in [-0.4, -0.2) is 56.0 Å². The average Bonchev–Trinajstić information content (AvgIpc) is 3.29. The van der Waals surface area contributed by atoms with Crippen molar-refractivity contribution in [2.24, 2.45) is 0 Å². The highest BCUT2D eigenvalue weighted by molar-refractivity contribution is 5.86. The summed E-state index contributed by atoms with van der Waals surface area (Å²) in [6, 6.07) is 7.91. The van der Waals surface area contributed by atoms with E-state index in [2.05, 4.69) is 33.0 Å². The largest absolute Gasteiger partial charge is 0.378 e. The van der Waals surface area contributed by atoms with Crippen LogP contribution in [0.2, 0.25) is 0 Å². The highest BCUT2D eigenvalue weighted by atomic mass is 16.5. The van der Waals surface area contributed by atoms with Gasteiger partial charge in [0.25, 0.3) is 5.95 Å². The monoisotopic (exact) mass is 387 g/mol. The van der Waals surface area contributed by atoms with E-state index in [0.29, 0.717) is 19.2 Å². The third-order valence-electron chi connectivity index (χ3n) is 5.05. The number of hydrogen-bond acceptors (Lipinski definition) is 7. The maximum atomic E-state index is 5.51. The summed E-state index contributed by atoms with van der Waals surface area (Å²) in [7, 11) is 0. The molecule has 1 saturated heterocycles. The SMILES string of the molecule is CCc1cnc2c(N3CCOCC3)nc(-n3ccc(-c4ccncc4)n3)nc2c1. The molecule has 0 atom stereocenters. The number of pyridine rings is 2. The van der Waals surface area contributed by atoms with Crippen molar-refractivity contribution in [2.75, 3.05) is 31.2 Å². The Kier molecular flexibility index (Phi) is 4.61. The molecule has 29 heavy (non-hydrogen) atoms. The molecule has 1 aliphatic heterocycles. The second-order valence-electron chi connectivity index (χ2n) is 6.89. The summed E-state index contributed by atoms with van der Waals surface area (Å²) in [5.41, 5.74) is 4.64. The van der Waals surface area contributed by atoms with Crippen LogP contribution < -0.4 is 4.90 Å². The van der Waals surface area contributed by atoms with Gasteiger partial charge in [0.15, 0.2) is 5.82 Å². The summed E-state index contributed by atoms with van der Waals surface area (Å²) < 4.78 is 7.23. The lowest BCUT2D eigenvalue weighted by atomic mass is 10.2. The van der Waals surface area contributed by atoms with E-state index >= 15 is 0 Å². The van der Waals surface area contributed by atoms with Gasteiger partial charge < -0.3 is 9.64 Å². The van der Waals surface area contributed by atoms with E-state index in [-0.39, 0.29) is 0 Å². The molecule has 0 amide bonds. The van der Waals surface area contributed by atoms with Crippen LogP contribution in [-0.2, 0) is 11.2 Å². The first-order valence-corrected chi connectivity index (χ1v) is 9.77. The van der Waals surface area contributed by atoms with E-state index in [1.807, 2.05) is 30.6 Å². The van der Waals surface area contributed by atoms with Crippen LogP contribution in [0.1, 0.15) is 12.5 Å². The molecule has 1 fully saturated rings. The van der Waals surface area contributed by atoms with Gasteiger partial charge in [-0.3, -0.25) is 9.97 Å². The summed E-state index contributed by atoms with van der Waals surface area (Å²) in [5, 5.41) is 4.69. The van der Waals surface area contributed by atoms with Crippen molar-refractivity contribution >= 4 is 16.9 Å². The van der Waals surface area contributed by atoms with Gasteiger partial charge in [-0.1, -0.05) is 6.92 Å². The van der Waals surface area contributed by atoms with Crippen LogP contribution in [0.4, 0.5) is 5.82 Å². The predicted molar refractivity (Wildman–Crippen MR) is 110 cm³/mol. The molecule has 1 aliphatic rings. The van der Waals surface area contributed by atoms with Gasteiger partial charge in [0.1, 0.15) is 5.52 Å². The lowest BCUT2D eigenvalue weighted by molar-refractivity contribution is 0.122. The fourth-order valence-corrected chi connectivity index (χ4v) is 3.44. The number of aromatic nitrogens is 6. The van der Waals surface area contributed by atoms with Crippen molar-refractivity contribution in [3.63, 3.8) is 0 Å². The van der Waals surface area contributed by atoms with Gasteiger partial charge in [0.2, 0.25) is 0 Å². The Balaban J connectivity index is 1.62. The summed E-state index contributed by atoms with van der Waals surface area (Å²) in [5.74, 6) is 1.37. The molecule has 0 saturated carbocycles. The summed E-state index contributed by atoms with van der Waals surface area (Å²) in [6.45, 7) is 5.04. The van der Waals surface area contributed by atoms with Crippen LogP contribution in [0.25, 0.3) is 28.2 Å². The number of rotatable bonds is 4. The molecule has 0 aliphatic carbocycles. The van der Waals surface area contributed by atoms with Gasteiger partial charge in [0, 0.05) is 43.4 Å². The lowest BCUT2D eigenvalue weighted by Gasteiger charge is -2.28. The van der Waals surface area contributed by atoms with E-state index in [1.165, 1.54) is 0 Å². The molecular formula is C21H21N7O. The number of hydrogen-bond donors (Lipinski definition) is 0. The molecule has 0 bridgehead atoms. The average molecular weight is 387 g/mol. The maximum absolute atomic E-state index is 5.51. The lowest BCUT2D eigenvalue weighted by Crippen LogP contribution is -2.37. The topological polar surface area (TPSA) is 81.9 Å². The summed E-state index contributed by atoms with van der Waals surface area (Å²) >= 11 is 0. The second-order valence-corrected chi connectivity index (χ2v) is 6.89. The summed E-state index contributed by atoms with van der Waals surface area (Å²) in [4.78, 5) is 20.6. The number of aryl methyl sites for hydroxylation is 1. The molecule has 4 aromatic heterocycles. The molecule has 8 heteroatoms. The highest BCUT2D eigenvalue weighted by Gasteiger charge is 2.19. The normalized spacial score (nSPS) is 14.4. The van der Waals surface area contributed by atoms with E-state index in [9.17, 15) is 0 Å². The van der Waals surface area contributed by atoms with Crippen molar-refractivity contribution in [1.29, 1.82) is 0 Å². The van der Waals surface area contributed by atoms with Gasteiger partial charge in [0.05, 0.1) is 24.4 Å². The van der Waals surface area contributed by atoms with Crippen LogP contribution in [0.15, 0.2) is 49.1 Å². The van der Waals surface area contributed by atoms with Crippen LogP contribution in [0.5, 0.6) is 0 Å². The molecule has 0 radical (unpaired) electrons. The second kappa shape index (κ2) is 7.56. The molecule has 5 rings (SSSR count). The quantitative estimate of drug-likeness (QED) is 0.532. The Labute approximate surface area is 168 Å². The number of anilines is 1. The Morgan fingerprint density at radius 3 is 2.69 bits per heavy atom. The van der Waals surface area contributed by atoms with Crippen molar-refractivity contribution in [1.82, 2.24) is 29.7 Å². The van der Waals surface area contributed by atoms with Crippen molar-refractivity contribution in [2.45, 2.75) is 13.3 Å². The van der Waals surface area contributed by atoms with E-state index in [1.54, 1.807) is 17.1 Å². The van der Waals surface area contributed by atoms with Crippen LogP contribution in [0, 0.1) is 0 Å². The maximum Gasteiger partial charge on any atom is 0.253 e. The first-order chi connectivity index (χ1) is 14.3. The van der Waals surface area contributed by atoms with E-state index in [4.69, 9.17) is 14.7 Å². The molecule has 8 nitrogen and oxygen atoms in total. The van der Waals surface area contributed by atoms with Gasteiger partial charge in [-0.2, -0.15) is 10.1 Å². The molecule has 0 aromatic carbocycles. The predicted octanol–water partition coefficient (Wildman–Crippen LogP) is 2.67. The minimum atomic E-state index is 0.536. The van der Waals surface area contributed by atoms with Gasteiger partial charge in [-0.05, 0) is 36.2 Å². The molecule has 4 aromatic rings. The summed E-state index contributed by atoms with van der Waals surface area (Å²) in [6.07, 6.45) is 8.22. The van der Waals surface area contributed by atoms with Gasteiger partial charge in [-0.15, -0.1) is 0 Å². The zero-order valence-electron chi connectivity index (χ0n) is 16.2. The van der Waals surface area contributed by atoms with Gasteiger partial charge in [-0.25, -0.2) is 9.67 Å². The molecule has 5 heterocycles. The number of ether oxygens (including phenoxy) is 1. The fourth-order valence-electron chi connectivity index (χ4n) is 3.44. The Bertz CT molecular complexity index is 1140. The minimum absolute atomic E-state index is 0.536. The van der Waals surface area contributed by atoms with Crippen molar-refractivity contribution in [3.05, 3.63) is 54.6 Å². The van der Waals surface area contributed by atoms with Gasteiger partial charge >= 0.3 is 0 Å². The first kappa shape index (κ1) is 17.7. The number of nitrogens with zero attached hydrogens (tertiary/aromatic N) is 7. The zero-order chi connectivity index (χ0) is 19.6.